The SMILES string of the molecule is Cc1ccccc1CC(C)NC(=O)c1cn[nH]c1C. The molecule has 0 bridgehead atoms. The number of hydrogen-bond donors (Lipinski definition) is 2. The second kappa shape index (κ2) is 5.69. The lowest BCUT2D eigenvalue weighted by atomic mass is 10.0. The van der Waals surface area contributed by atoms with Crippen molar-refractivity contribution in [1.29, 1.82) is 0 Å². The van der Waals surface area contributed by atoms with Crippen molar-refractivity contribution in [1.82, 2.24) is 15.5 Å². The van der Waals surface area contributed by atoms with Crippen molar-refractivity contribution in [3.8, 4) is 0 Å². The molecule has 0 aliphatic heterocycles. The average molecular weight is 257 g/mol. The summed E-state index contributed by atoms with van der Waals surface area (Å²) < 4.78 is 0. The van der Waals surface area contributed by atoms with Gasteiger partial charge in [-0.3, -0.25) is 9.89 Å². The third kappa shape index (κ3) is 3.22. The van der Waals surface area contributed by atoms with Gasteiger partial charge in [-0.1, -0.05) is 24.3 Å². The zero-order valence-corrected chi connectivity index (χ0v) is 11.5. The van der Waals surface area contributed by atoms with Crippen LogP contribution >= 0.6 is 0 Å². The van der Waals surface area contributed by atoms with E-state index in [0.29, 0.717) is 5.56 Å². The van der Waals surface area contributed by atoms with Gasteiger partial charge in [-0.05, 0) is 38.3 Å². The molecule has 2 aromatic rings. The van der Waals surface area contributed by atoms with Crippen molar-refractivity contribution in [2.24, 2.45) is 0 Å². The molecule has 0 saturated carbocycles. The first-order chi connectivity index (χ1) is 9.08. The molecule has 1 amide bonds. The summed E-state index contributed by atoms with van der Waals surface area (Å²) in [6.07, 6.45) is 2.39. The maximum Gasteiger partial charge on any atom is 0.254 e. The van der Waals surface area contributed by atoms with Gasteiger partial charge < -0.3 is 5.32 Å². The van der Waals surface area contributed by atoms with Crippen LogP contribution in [0.5, 0.6) is 0 Å². The van der Waals surface area contributed by atoms with Gasteiger partial charge in [-0.2, -0.15) is 5.10 Å². The predicted molar refractivity (Wildman–Crippen MR) is 75.1 cm³/mol. The zero-order chi connectivity index (χ0) is 13.8. The van der Waals surface area contributed by atoms with Gasteiger partial charge in [0.05, 0.1) is 11.8 Å². The highest BCUT2D eigenvalue weighted by Crippen LogP contribution is 2.10. The van der Waals surface area contributed by atoms with Crippen LogP contribution in [0.1, 0.15) is 34.1 Å². The Bertz CT molecular complexity index is 574. The van der Waals surface area contributed by atoms with Crippen LogP contribution in [0, 0.1) is 13.8 Å². The molecule has 0 fully saturated rings. The maximum atomic E-state index is 12.0. The fraction of sp³-hybridized carbons (Fsp3) is 0.333. The first-order valence-electron chi connectivity index (χ1n) is 6.43. The molecule has 0 spiro atoms. The molecule has 0 saturated heterocycles. The fourth-order valence-corrected chi connectivity index (χ4v) is 2.10. The zero-order valence-electron chi connectivity index (χ0n) is 11.5. The molecule has 0 aliphatic rings. The summed E-state index contributed by atoms with van der Waals surface area (Å²) in [5.41, 5.74) is 3.92. The second-order valence-electron chi connectivity index (χ2n) is 4.91. The van der Waals surface area contributed by atoms with E-state index >= 15 is 0 Å². The fourth-order valence-electron chi connectivity index (χ4n) is 2.10. The molecular formula is C15H19N3O. The van der Waals surface area contributed by atoms with Crippen molar-refractivity contribution in [3.05, 3.63) is 52.8 Å². The number of carbonyl (C=O) groups is 1. The Morgan fingerprint density at radius 3 is 2.74 bits per heavy atom. The third-order valence-corrected chi connectivity index (χ3v) is 3.24. The lowest BCUT2D eigenvalue weighted by Gasteiger charge is -2.15. The smallest absolute Gasteiger partial charge is 0.254 e. The molecule has 2 N–H and O–H groups in total. The number of H-pyrrole nitrogens is 1. The highest BCUT2D eigenvalue weighted by Gasteiger charge is 2.14. The summed E-state index contributed by atoms with van der Waals surface area (Å²) in [5.74, 6) is -0.0765. The van der Waals surface area contributed by atoms with Crippen LogP contribution < -0.4 is 5.32 Å². The standard InChI is InChI=1S/C15H19N3O/c1-10-6-4-5-7-13(10)8-11(2)17-15(19)14-9-16-18-12(14)3/h4-7,9,11H,8H2,1-3H3,(H,16,18)(H,17,19). The van der Waals surface area contributed by atoms with E-state index in [1.54, 1.807) is 6.20 Å². The molecule has 4 nitrogen and oxygen atoms in total. The maximum absolute atomic E-state index is 12.0. The van der Waals surface area contributed by atoms with Crippen molar-refractivity contribution >= 4 is 5.91 Å². The van der Waals surface area contributed by atoms with Gasteiger partial charge in [0.2, 0.25) is 0 Å². The topological polar surface area (TPSA) is 57.8 Å². The monoisotopic (exact) mass is 257 g/mol. The summed E-state index contributed by atoms with van der Waals surface area (Å²) in [7, 11) is 0. The van der Waals surface area contributed by atoms with Crippen LogP contribution in [0.15, 0.2) is 30.5 Å². The molecule has 4 heteroatoms. The summed E-state index contributed by atoms with van der Waals surface area (Å²) in [4.78, 5) is 12.0. The molecule has 2 rings (SSSR count). The van der Waals surface area contributed by atoms with Crippen LogP contribution in [0.2, 0.25) is 0 Å². The molecule has 0 radical (unpaired) electrons. The van der Waals surface area contributed by atoms with E-state index in [-0.39, 0.29) is 11.9 Å². The van der Waals surface area contributed by atoms with Crippen LogP contribution in [0.4, 0.5) is 0 Å². The van der Waals surface area contributed by atoms with Crippen LogP contribution in [-0.2, 0) is 6.42 Å². The molecule has 1 atom stereocenters. The number of rotatable bonds is 4. The quantitative estimate of drug-likeness (QED) is 0.883. The number of aromatic nitrogens is 2. The van der Waals surface area contributed by atoms with E-state index in [9.17, 15) is 4.79 Å². The highest BCUT2D eigenvalue weighted by atomic mass is 16.1. The van der Waals surface area contributed by atoms with Gasteiger partial charge in [0, 0.05) is 11.7 Å². The summed E-state index contributed by atoms with van der Waals surface area (Å²) in [6, 6.07) is 8.32. The van der Waals surface area contributed by atoms with Gasteiger partial charge >= 0.3 is 0 Å². The van der Waals surface area contributed by atoms with Crippen LogP contribution in [0.3, 0.4) is 0 Å². The lowest BCUT2D eigenvalue weighted by Crippen LogP contribution is -2.34. The largest absolute Gasteiger partial charge is 0.349 e. The van der Waals surface area contributed by atoms with E-state index < -0.39 is 0 Å². The van der Waals surface area contributed by atoms with E-state index in [4.69, 9.17) is 0 Å². The highest BCUT2D eigenvalue weighted by molar-refractivity contribution is 5.95. The van der Waals surface area contributed by atoms with E-state index in [1.807, 2.05) is 26.0 Å². The Hall–Kier alpha value is -2.10. The minimum Gasteiger partial charge on any atom is -0.349 e. The molecule has 1 aromatic heterocycles. The molecule has 100 valence electrons. The predicted octanol–water partition coefficient (Wildman–Crippen LogP) is 2.39. The minimum atomic E-state index is -0.0765. The van der Waals surface area contributed by atoms with Gasteiger partial charge in [-0.15, -0.1) is 0 Å². The van der Waals surface area contributed by atoms with E-state index in [0.717, 1.165) is 12.1 Å². The first kappa shape index (κ1) is 13.3. The number of nitrogens with zero attached hydrogens (tertiary/aromatic N) is 1. The number of hydrogen-bond acceptors (Lipinski definition) is 2. The second-order valence-corrected chi connectivity index (χ2v) is 4.91. The molecule has 1 aromatic carbocycles. The molecular weight excluding hydrogens is 238 g/mol. The Labute approximate surface area is 113 Å². The first-order valence-corrected chi connectivity index (χ1v) is 6.43. The van der Waals surface area contributed by atoms with Gasteiger partial charge in [-0.25, -0.2) is 0 Å². The molecule has 19 heavy (non-hydrogen) atoms. The summed E-state index contributed by atoms with van der Waals surface area (Å²) in [6.45, 7) is 5.94. The number of benzene rings is 1. The van der Waals surface area contributed by atoms with Crippen molar-refractivity contribution in [3.63, 3.8) is 0 Å². The lowest BCUT2D eigenvalue weighted by molar-refractivity contribution is 0.0939. The minimum absolute atomic E-state index is 0.0765. The number of amides is 1. The molecule has 0 aliphatic carbocycles. The van der Waals surface area contributed by atoms with Crippen molar-refractivity contribution in [2.45, 2.75) is 33.2 Å². The van der Waals surface area contributed by atoms with Crippen LogP contribution in [0.25, 0.3) is 0 Å². The Balaban J connectivity index is 1.99. The number of aryl methyl sites for hydroxylation is 2. The molecule has 1 heterocycles. The van der Waals surface area contributed by atoms with Crippen molar-refractivity contribution in [2.75, 3.05) is 0 Å². The third-order valence-electron chi connectivity index (χ3n) is 3.24. The van der Waals surface area contributed by atoms with E-state index in [1.165, 1.54) is 11.1 Å². The van der Waals surface area contributed by atoms with Gasteiger partial charge in [0.1, 0.15) is 0 Å². The van der Waals surface area contributed by atoms with Gasteiger partial charge in [0.25, 0.3) is 5.91 Å². The molecule has 1 unspecified atom stereocenters. The Morgan fingerprint density at radius 1 is 1.37 bits per heavy atom. The Kier molecular flexibility index (Phi) is 4.00. The summed E-state index contributed by atoms with van der Waals surface area (Å²) >= 11 is 0. The summed E-state index contributed by atoms with van der Waals surface area (Å²) in [5, 5.41) is 9.63. The van der Waals surface area contributed by atoms with Crippen molar-refractivity contribution < 1.29 is 4.79 Å². The Morgan fingerprint density at radius 2 is 2.11 bits per heavy atom. The van der Waals surface area contributed by atoms with E-state index in [2.05, 4.69) is 34.6 Å². The number of carbonyl (C=O) groups excluding carboxylic acids is 1. The number of aromatic amines is 1. The van der Waals surface area contributed by atoms with Gasteiger partial charge in [0.15, 0.2) is 0 Å². The van der Waals surface area contributed by atoms with Crippen LogP contribution in [-0.4, -0.2) is 22.1 Å². The number of nitrogens with one attached hydrogen (secondary N) is 2. The normalized spacial score (nSPS) is 12.2. The average Bonchev–Trinajstić information content (AvgIpc) is 2.78.